The number of hydrogen-bond donors (Lipinski definition) is 1. The molecule has 0 saturated heterocycles. The highest BCUT2D eigenvalue weighted by molar-refractivity contribution is 5.77. The van der Waals surface area contributed by atoms with Crippen LogP contribution in [0.5, 0.6) is 11.5 Å². The fourth-order valence-corrected chi connectivity index (χ4v) is 1.66. The molecule has 0 aliphatic heterocycles. The Morgan fingerprint density at radius 2 is 2.00 bits per heavy atom. The molecule has 0 aromatic heterocycles. The number of carbonyl (C=O) groups is 1. The van der Waals surface area contributed by atoms with E-state index < -0.39 is 4.92 Å². The summed E-state index contributed by atoms with van der Waals surface area (Å²) < 4.78 is 10.4. The van der Waals surface area contributed by atoms with Crippen LogP contribution in [-0.4, -0.2) is 31.1 Å². The Morgan fingerprint density at radius 3 is 2.55 bits per heavy atom. The lowest BCUT2D eigenvalue weighted by Crippen LogP contribution is -2.31. The molecule has 0 aliphatic carbocycles. The van der Waals surface area contributed by atoms with Crippen molar-refractivity contribution in [2.24, 2.45) is 5.41 Å². The highest BCUT2D eigenvalue weighted by Crippen LogP contribution is 2.31. The molecule has 0 fully saturated rings. The minimum atomic E-state index is -0.532. The van der Waals surface area contributed by atoms with E-state index in [1.807, 2.05) is 0 Å². The van der Waals surface area contributed by atoms with Crippen molar-refractivity contribution < 1.29 is 19.2 Å². The summed E-state index contributed by atoms with van der Waals surface area (Å²) in [5.41, 5.74) is 0.0150. The summed E-state index contributed by atoms with van der Waals surface area (Å²) in [5, 5.41) is 13.5. The van der Waals surface area contributed by atoms with Crippen molar-refractivity contribution >= 4 is 11.6 Å². The van der Waals surface area contributed by atoms with E-state index in [9.17, 15) is 14.9 Å². The number of amides is 1. The van der Waals surface area contributed by atoms with Crippen molar-refractivity contribution in [3.63, 3.8) is 0 Å². The number of nitrogens with zero attached hydrogens (tertiary/aromatic N) is 1. The number of methoxy groups -OCH3 is 1. The second-order valence-corrected chi connectivity index (χ2v) is 6.04. The van der Waals surface area contributed by atoms with Crippen LogP contribution >= 0.6 is 0 Å². The van der Waals surface area contributed by atoms with E-state index >= 15 is 0 Å². The zero-order chi connectivity index (χ0) is 16.8. The first-order chi connectivity index (χ1) is 10.2. The molecule has 1 rings (SSSR count). The monoisotopic (exact) mass is 310 g/mol. The third-order valence-electron chi connectivity index (χ3n) is 2.91. The normalized spacial score (nSPS) is 10.9. The van der Waals surface area contributed by atoms with E-state index in [0.717, 1.165) is 6.42 Å². The van der Waals surface area contributed by atoms with E-state index in [2.05, 4.69) is 26.1 Å². The molecule has 0 saturated carbocycles. The number of hydrogen-bond acceptors (Lipinski definition) is 5. The van der Waals surface area contributed by atoms with Gasteiger partial charge in [-0.1, -0.05) is 20.8 Å². The van der Waals surface area contributed by atoms with Crippen LogP contribution in [0.2, 0.25) is 0 Å². The van der Waals surface area contributed by atoms with Crippen LogP contribution in [0.4, 0.5) is 5.69 Å². The molecule has 1 aromatic carbocycles. The predicted octanol–water partition coefficient (Wildman–Crippen LogP) is 2.53. The van der Waals surface area contributed by atoms with E-state index in [4.69, 9.17) is 9.47 Å². The molecule has 1 aromatic rings. The zero-order valence-corrected chi connectivity index (χ0v) is 13.3. The van der Waals surface area contributed by atoms with Gasteiger partial charge < -0.3 is 14.8 Å². The van der Waals surface area contributed by atoms with Gasteiger partial charge in [-0.05, 0) is 17.9 Å². The van der Waals surface area contributed by atoms with E-state index in [-0.39, 0.29) is 29.4 Å². The fraction of sp³-hybridized carbons (Fsp3) is 0.533. The van der Waals surface area contributed by atoms with Crippen molar-refractivity contribution in [1.82, 2.24) is 5.32 Å². The molecule has 0 bridgehead atoms. The quantitative estimate of drug-likeness (QED) is 0.617. The molecule has 7 nitrogen and oxygen atoms in total. The summed E-state index contributed by atoms with van der Waals surface area (Å²) in [6.07, 6.45) is 0.846. The van der Waals surface area contributed by atoms with Gasteiger partial charge in [0.2, 0.25) is 0 Å². The maximum absolute atomic E-state index is 11.7. The minimum Gasteiger partial charge on any atom is -0.493 e. The molecule has 0 aliphatic rings. The van der Waals surface area contributed by atoms with E-state index in [1.54, 1.807) is 0 Å². The second-order valence-electron chi connectivity index (χ2n) is 6.04. The predicted molar refractivity (Wildman–Crippen MR) is 82.2 cm³/mol. The third kappa shape index (κ3) is 5.99. The maximum atomic E-state index is 11.7. The molecular formula is C15H22N2O5. The maximum Gasteiger partial charge on any atom is 0.273 e. The largest absolute Gasteiger partial charge is 0.493 e. The average molecular weight is 310 g/mol. The van der Waals surface area contributed by atoms with Gasteiger partial charge >= 0.3 is 0 Å². The van der Waals surface area contributed by atoms with Gasteiger partial charge in [-0.25, -0.2) is 0 Å². The summed E-state index contributed by atoms with van der Waals surface area (Å²) in [7, 11) is 1.43. The average Bonchev–Trinajstić information content (AvgIpc) is 2.43. The summed E-state index contributed by atoms with van der Waals surface area (Å²) in [4.78, 5) is 21.9. The van der Waals surface area contributed by atoms with Crippen LogP contribution < -0.4 is 14.8 Å². The van der Waals surface area contributed by atoms with E-state index in [0.29, 0.717) is 12.3 Å². The number of non-ortho nitro benzene ring substituents is 1. The molecule has 0 unspecified atom stereocenters. The lowest BCUT2D eigenvalue weighted by atomic mass is 9.92. The number of nitro benzene ring substituents is 1. The van der Waals surface area contributed by atoms with Crippen molar-refractivity contribution in [3.05, 3.63) is 28.3 Å². The van der Waals surface area contributed by atoms with Crippen LogP contribution in [0.1, 0.15) is 27.2 Å². The Hall–Kier alpha value is -2.31. The van der Waals surface area contributed by atoms with Crippen molar-refractivity contribution in [3.8, 4) is 11.5 Å². The van der Waals surface area contributed by atoms with Crippen molar-refractivity contribution in [1.29, 1.82) is 0 Å². The van der Waals surface area contributed by atoms with Gasteiger partial charge in [-0.3, -0.25) is 14.9 Å². The molecule has 122 valence electrons. The molecule has 0 heterocycles. The van der Waals surface area contributed by atoms with Gasteiger partial charge in [-0.15, -0.1) is 0 Å². The molecule has 1 N–H and O–H groups in total. The number of benzene rings is 1. The Labute approximate surface area is 129 Å². The molecule has 0 radical (unpaired) electrons. The van der Waals surface area contributed by atoms with E-state index in [1.165, 1.54) is 25.3 Å². The fourth-order valence-electron chi connectivity index (χ4n) is 1.66. The van der Waals surface area contributed by atoms with Gasteiger partial charge in [0.25, 0.3) is 11.6 Å². The van der Waals surface area contributed by atoms with Gasteiger partial charge in [0, 0.05) is 12.6 Å². The van der Waals surface area contributed by atoms with Gasteiger partial charge in [0.1, 0.15) is 0 Å². The standard InChI is InChI=1S/C15H22N2O5/c1-15(2,3)7-8-16-14(18)10-22-13-9-11(17(19)20)5-6-12(13)21-4/h5-6,9H,7-8,10H2,1-4H3,(H,16,18). The Bertz CT molecular complexity index is 537. The van der Waals surface area contributed by atoms with Gasteiger partial charge in [-0.2, -0.15) is 0 Å². The topological polar surface area (TPSA) is 90.7 Å². The summed E-state index contributed by atoms with van der Waals surface area (Å²) in [5.74, 6) is 0.230. The van der Waals surface area contributed by atoms with Gasteiger partial charge in [0.05, 0.1) is 18.1 Å². The van der Waals surface area contributed by atoms with Crippen molar-refractivity contribution in [2.45, 2.75) is 27.2 Å². The molecule has 0 spiro atoms. The molecule has 1 amide bonds. The van der Waals surface area contributed by atoms with Crippen LogP contribution in [0.3, 0.4) is 0 Å². The van der Waals surface area contributed by atoms with Crippen LogP contribution in [0, 0.1) is 15.5 Å². The molecule has 0 atom stereocenters. The third-order valence-corrected chi connectivity index (χ3v) is 2.91. The Balaban J connectivity index is 2.57. The Morgan fingerprint density at radius 1 is 1.32 bits per heavy atom. The smallest absolute Gasteiger partial charge is 0.273 e. The Kier molecular flexibility index (Phi) is 6.15. The molecule has 7 heteroatoms. The first-order valence-corrected chi connectivity index (χ1v) is 6.95. The van der Waals surface area contributed by atoms with Crippen LogP contribution in [-0.2, 0) is 4.79 Å². The number of nitro groups is 1. The van der Waals surface area contributed by atoms with Gasteiger partial charge in [0.15, 0.2) is 18.1 Å². The summed E-state index contributed by atoms with van der Waals surface area (Å²) >= 11 is 0. The zero-order valence-electron chi connectivity index (χ0n) is 13.3. The first kappa shape index (κ1) is 17.7. The summed E-state index contributed by atoms with van der Waals surface area (Å²) in [6, 6.07) is 3.99. The second kappa shape index (κ2) is 7.63. The SMILES string of the molecule is COc1ccc([N+](=O)[O-])cc1OCC(=O)NCCC(C)(C)C. The first-order valence-electron chi connectivity index (χ1n) is 6.95. The number of rotatable bonds is 7. The van der Waals surface area contributed by atoms with Crippen LogP contribution in [0.25, 0.3) is 0 Å². The number of ether oxygens (including phenoxy) is 2. The van der Waals surface area contributed by atoms with Crippen LogP contribution in [0.15, 0.2) is 18.2 Å². The number of nitrogens with one attached hydrogen (secondary N) is 1. The lowest BCUT2D eigenvalue weighted by Gasteiger charge is -2.18. The highest BCUT2D eigenvalue weighted by Gasteiger charge is 2.14. The highest BCUT2D eigenvalue weighted by atomic mass is 16.6. The minimum absolute atomic E-state index is 0.121. The molecule has 22 heavy (non-hydrogen) atoms. The summed E-state index contributed by atoms with van der Waals surface area (Å²) in [6.45, 7) is 6.59. The molecular weight excluding hydrogens is 288 g/mol. The number of carbonyl (C=O) groups excluding carboxylic acids is 1. The van der Waals surface area contributed by atoms with Crippen molar-refractivity contribution in [2.75, 3.05) is 20.3 Å². The lowest BCUT2D eigenvalue weighted by molar-refractivity contribution is -0.385.